The van der Waals surface area contributed by atoms with E-state index in [1.54, 1.807) is 26.0 Å². The topological polar surface area (TPSA) is 82.9 Å². The molecule has 1 aliphatic rings. The molecule has 1 amide bonds. The number of aromatic nitrogens is 2. The van der Waals surface area contributed by atoms with Gasteiger partial charge in [-0.2, -0.15) is 0 Å². The second-order valence-electron chi connectivity index (χ2n) is 7.56. The lowest BCUT2D eigenvalue weighted by molar-refractivity contribution is -0.153. The Bertz CT molecular complexity index is 1130. The lowest BCUT2D eigenvalue weighted by Gasteiger charge is -2.38. The van der Waals surface area contributed by atoms with Crippen LogP contribution in [0.4, 0.5) is 5.95 Å². The number of amides is 1. The molecule has 0 saturated heterocycles. The van der Waals surface area contributed by atoms with Gasteiger partial charge in [0.1, 0.15) is 5.75 Å². The Balaban J connectivity index is 1.94. The van der Waals surface area contributed by atoms with Gasteiger partial charge in [-0.15, -0.1) is 0 Å². The Morgan fingerprint density at radius 1 is 1.12 bits per heavy atom. The fourth-order valence-corrected chi connectivity index (χ4v) is 4.25. The molecule has 1 aromatic heterocycles. The van der Waals surface area contributed by atoms with Gasteiger partial charge in [-0.1, -0.05) is 24.3 Å². The molecule has 8 nitrogen and oxygen atoms in total. The predicted octanol–water partition coefficient (Wildman–Crippen LogP) is 3.20. The molecule has 2 aromatic carbocycles. The average Bonchev–Trinajstić information content (AvgIpc) is 3.19. The molecule has 0 N–H and O–H groups in total. The summed E-state index contributed by atoms with van der Waals surface area (Å²) in [6.07, 6.45) is 0.616. The zero-order chi connectivity index (χ0) is 22.7. The van der Waals surface area contributed by atoms with E-state index in [0.717, 1.165) is 16.6 Å². The summed E-state index contributed by atoms with van der Waals surface area (Å²) < 4.78 is 17.9. The number of hydrogen-bond acceptors (Lipinski definition) is 6. The van der Waals surface area contributed by atoms with Crippen LogP contribution in [0.3, 0.4) is 0 Å². The third-order valence-corrected chi connectivity index (χ3v) is 5.65. The Kier molecular flexibility index (Phi) is 6.41. The minimum absolute atomic E-state index is 0.189. The van der Waals surface area contributed by atoms with E-state index in [1.165, 1.54) is 0 Å². The van der Waals surface area contributed by atoms with E-state index in [-0.39, 0.29) is 12.5 Å². The van der Waals surface area contributed by atoms with Crippen molar-refractivity contribution in [2.75, 3.05) is 38.9 Å². The maximum absolute atomic E-state index is 13.7. The number of hydrogen-bond donors (Lipinski definition) is 0. The Labute approximate surface area is 186 Å². The molecule has 32 heavy (non-hydrogen) atoms. The molecule has 0 unspecified atom stereocenters. The summed E-state index contributed by atoms with van der Waals surface area (Å²) in [4.78, 5) is 33.2. The summed E-state index contributed by atoms with van der Waals surface area (Å²) in [7, 11) is 3.21. The van der Waals surface area contributed by atoms with Crippen molar-refractivity contribution in [1.29, 1.82) is 0 Å². The van der Waals surface area contributed by atoms with Gasteiger partial charge in [0.05, 0.1) is 30.8 Å². The van der Waals surface area contributed by atoms with Crippen molar-refractivity contribution in [1.82, 2.24) is 9.55 Å². The number of para-hydroxylation sites is 2. The highest BCUT2D eigenvalue weighted by molar-refractivity contribution is 6.08. The smallest absolute Gasteiger partial charge is 0.321 e. The summed E-state index contributed by atoms with van der Waals surface area (Å²) in [5, 5.41) is 0. The molecule has 4 rings (SSSR count). The molecule has 0 aliphatic carbocycles. The zero-order valence-electron chi connectivity index (χ0n) is 18.5. The highest BCUT2D eigenvalue weighted by atomic mass is 16.5. The summed E-state index contributed by atoms with van der Waals surface area (Å²) in [5.74, 6) is -0.762. The van der Waals surface area contributed by atoms with Gasteiger partial charge in [-0.05, 0) is 43.2 Å². The maximum atomic E-state index is 13.7. The van der Waals surface area contributed by atoms with Crippen LogP contribution in [0.5, 0.6) is 5.75 Å². The largest absolute Gasteiger partial charge is 0.497 e. The minimum Gasteiger partial charge on any atom is -0.497 e. The van der Waals surface area contributed by atoms with E-state index in [1.807, 2.05) is 53.1 Å². The van der Waals surface area contributed by atoms with Crippen LogP contribution in [0.25, 0.3) is 11.0 Å². The van der Waals surface area contributed by atoms with Crippen molar-refractivity contribution in [3.8, 4) is 5.75 Å². The van der Waals surface area contributed by atoms with Gasteiger partial charge in [0.15, 0.2) is 5.92 Å². The number of fused-ring (bicyclic) bond motifs is 3. The van der Waals surface area contributed by atoms with Crippen LogP contribution in [0.2, 0.25) is 0 Å². The standard InChI is InChI=1S/C24H27N3O5/c1-4-32-23(29)20-21(16-9-7-10-17(15-16)31-3)27-19-12-6-5-11-18(19)25-24(27)26(22(20)28)13-8-14-30-2/h5-7,9-12,15,20-21H,4,8,13-14H2,1-3H3/t20-,21-/m1/s1. The van der Waals surface area contributed by atoms with E-state index < -0.39 is 17.9 Å². The normalized spacial score (nSPS) is 18.0. The van der Waals surface area contributed by atoms with Crippen molar-refractivity contribution >= 4 is 28.9 Å². The van der Waals surface area contributed by atoms with Gasteiger partial charge in [0.25, 0.3) is 0 Å². The Morgan fingerprint density at radius 2 is 1.94 bits per heavy atom. The van der Waals surface area contributed by atoms with Crippen LogP contribution < -0.4 is 9.64 Å². The molecule has 0 bridgehead atoms. The molecule has 3 aromatic rings. The second kappa shape index (κ2) is 9.40. The maximum Gasteiger partial charge on any atom is 0.321 e. The van der Waals surface area contributed by atoms with Crippen LogP contribution >= 0.6 is 0 Å². The van der Waals surface area contributed by atoms with Crippen molar-refractivity contribution in [2.45, 2.75) is 19.4 Å². The average molecular weight is 437 g/mol. The van der Waals surface area contributed by atoms with Gasteiger partial charge in [0.2, 0.25) is 11.9 Å². The third-order valence-electron chi connectivity index (χ3n) is 5.65. The summed E-state index contributed by atoms with van der Waals surface area (Å²) in [6.45, 7) is 2.80. The molecular weight excluding hydrogens is 410 g/mol. The van der Waals surface area contributed by atoms with Gasteiger partial charge >= 0.3 is 5.97 Å². The highest BCUT2D eigenvalue weighted by Gasteiger charge is 2.47. The first-order valence-corrected chi connectivity index (χ1v) is 10.7. The monoisotopic (exact) mass is 437 g/mol. The van der Waals surface area contributed by atoms with Gasteiger partial charge in [-0.3, -0.25) is 14.5 Å². The number of carbonyl (C=O) groups excluding carboxylic acids is 2. The SMILES string of the molecule is CCOC(=O)[C@H]1C(=O)N(CCCOC)c2nc3ccccc3n2[C@@H]1c1cccc(OC)c1. The Hall–Kier alpha value is -3.39. The summed E-state index contributed by atoms with van der Waals surface area (Å²) in [6, 6.07) is 14.5. The van der Waals surface area contributed by atoms with Gasteiger partial charge in [0, 0.05) is 20.3 Å². The first-order valence-electron chi connectivity index (χ1n) is 10.7. The van der Waals surface area contributed by atoms with Crippen LogP contribution in [-0.4, -0.2) is 55.4 Å². The number of ether oxygens (including phenoxy) is 3. The molecule has 8 heteroatoms. The van der Waals surface area contributed by atoms with Crippen LogP contribution in [0, 0.1) is 5.92 Å². The van der Waals surface area contributed by atoms with E-state index in [4.69, 9.17) is 19.2 Å². The Morgan fingerprint density at radius 3 is 2.69 bits per heavy atom. The number of methoxy groups -OCH3 is 2. The first kappa shape index (κ1) is 21.8. The minimum atomic E-state index is -1.05. The molecule has 168 valence electrons. The third kappa shape index (κ3) is 3.82. The summed E-state index contributed by atoms with van der Waals surface area (Å²) >= 11 is 0. The molecule has 0 radical (unpaired) electrons. The molecule has 0 saturated carbocycles. The first-order chi connectivity index (χ1) is 15.6. The molecule has 2 atom stereocenters. The summed E-state index contributed by atoms with van der Waals surface area (Å²) in [5.41, 5.74) is 2.37. The molecule has 1 aliphatic heterocycles. The van der Waals surface area contributed by atoms with Crippen molar-refractivity contribution < 1.29 is 23.8 Å². The van der Waals surface area contributed by atoms with Crippen LogP contribution in [-0.2, 0) is 19.1 Å². The lowest BCUT2D eigenvalue weighted by Crippen LogP contribution is -2.50. The number of rotatable bonds is 8. The highest BCUT2D eigenvalue weighted by Crippen LogP contribution is 2.41. The van der Waals surface area contributed by atoms with E-state index in [2.05, 4.69) is 0 Å². The van der Waals surface area contributed by atoms with E-state index in [9.17, 15) is 9.59 Å². The fourth-order valence-electron chi connectivity index (χ4n) is 4.25. The number of nitrogens with zero attached hydrogens (tertiary/aromatic N) is 3. The molecule has 0 spiro atoms. The van der Waals surface area contributed by atoms with Crippen molar-refractivity contribution in [3.63, 3.8) is 0 Å². The fraction of sp³-hybridized carbons (Fsp3) is 0.375. The van der Waals surface area contributed by atoms with Crippen LogP contribution in [0.15, 0.2) is 48.5 Å². The molecule has 2 heterocycles. The second-order valence-corrected chi connectivity index (χ2v) is 7.56. The zero-order valence-corrected chi connectivity index (χ0v) is 18.5. The van der Waals surface area contributed by atoms with Gasteiger partial charge < -0.3 is 18.8 Å². The molecular formula is C24H27N3O5. The van der Waals surface area contributed by atoms with Crippen molar-refractivity contribution in [2.24, 2.45) is 5.92 Å². The number of benzene rings is 2. The molecule has 0 fully saturated rings. The lowest BCUT2D eigenvalue weighted by atomic mass is 9.89. The van der Waals surface area contributed by atoms with Crippen molar-refractivity contribution in [3.05, 3.63) is 54.1 Å². The van der Waals surface area contributed by atoms with E-state index >= 15 is 0 Å². The van der Waals surface area contributed by atoms with E-state index in [0.29, 0.717) is 31.3 Å². The van der Waals surface area contributed by atoms with Gasteiger partial charge in [-0.25, -0.2) is 4.98 Å². The number of esters is 1. The number of anilines is 1. The van der Waals surface area contributed by atoms with Crippen LogP contribution in [0.1, 0.15) is 24.9 Å². The predicted molar refractivity (Wildman–Crippen MR) is 120 cm³/mol. The number of imidazole rings is 1. The quantitative estimate of drug-likeness (QED) is 0.306. The number of carbonyl (C=O) groups is 2.